The number of hydrogen-bond acceptors (Lipinski definition) is 2. The van der Waals surface area contributed by atoms with E-state index >= 15 is 0 Å². The van der Waals surface area contributed by atoms with Crippen molar-refractivity contribution in [2.24, 2.45) is 5.10 Å². The number of amides is 1. The van der Waals surface area contributed by atoms with E-state index < -0.39 is 0 Å². The number of hydrazone groups is 1. The second-order valence-electron chi connectivity index (χ2n) is 4.92. The summed E-state index contributed by atoms with van der Waals surface area (Å²) in [5.41, 5.74) is 5.87. The van der Waals surface area contributed by atoms with E-state index in [9.17, 15) is 4.79 Å². The van der Waals surface area contributed by atoms with Crippen molar-refractivity contribution in [2.45, 2.75) is 6.92 Å². The van der Waals surface area contributed by atoms with Gasteiger partial charge < -0.3 is 4.98 Å². The van der Waals surface area contributed by atoms with Gasteiger partial charge in [0.05, 0.1) is 6.21 Å². The Kier molecular flexibility index (Phi) is 4.06. The van der Waals surface area contributed by atoms with E-state index in [0.29, 0.717) is 5.69 Å². The molecule has 0 fully saturated rings. The van der Waals surface area contributed by atoms with Crippen molar-refractivity contribution in [1.82, 2.24) is 10.4 Å². The minimum absolute atomic E-state index is 0.248. The van der Waals surface area contributed by atoms with E-state index in [2.05, 4.69) is 31.4 Å². The van der Waals surface area contributed by atoms with E-state index in [1.54, 1.807) is 6.21 Å². The number of carbonyl (C=O) groups excluding carboxylic acids is 1. The van der Waals surface area contributed by atoms with Gasteiger partial charge in [0.2, 0.25) is 0 Å². The molecule has 0 spiro atoms. The van der Waals surface area contributed by atoms with Crippen molar-refractivity contribution in [3.63, 3.8) is 0 Å². The summed E-state index contributed by atoms with van der Waals surface area (Å²) in [4.78, 5) is 15.3. The maximum atomic E-state index is 12.2. The van der Waals surface area contributed by atoms with Crippen LogP contribution in [0.4, 0.5) is 0 Å². The summed E-state index contributed by atoms with van der Waals surface area (Å²) in [6.07, 6.45) is 1.61. The van der Waals surface area contributed by atoms with Gasteiger partial charge in [-0.3, -0.25) is 4.79 Å². The van der Waals surface area contributed by atoms with Crippen molar-refractivity contribution in [3.8, 4) is 0 Å². The van der Waals surface area contributed by atoms with E-state index in [4.69, 9.17) is 0 Å². The standard InChI is InChI=1S/C17H14BrN3O/c1-11-14-4-2-3-5-15(14)20-16(11)17(22)21-19-10-12-6-8-13(18)9-7-12/h2-10,20H,1H3,(H,21,22)/b19-10+. The Balaban J connectivity index is 1.76. The summed E-state index contributed by atoms with van der Waals surface area (Å²) in [6.45, 7) is 1.92. The Hall–Kier alpha value is -2.40. The van der Waals surface area contributed by atoms with E-state index in [1.165, 1.54) is 0 Å². The SMILES string of the molecule is Cc1c(C(=O)N/N=C/c2ccc(Br)cc2)[nH]c2ccccc12. The molecule has 1 heterocycles. The first-order valence-electron chi connectivity index (χ1n) is 6.81. The summed E-state index contributed by atoms with van der Waals surface area (Å²) in [5, 5.41) is 5.04. The zero-order valence-corrected chi connectivity index (χ0v) is 13.5. The third kappa shape index (κ3) is 2.94. The monoisotopic (exact) mass is 355 g/mol. The average molecular weight is 356 g/mol. The second kappa shape index (κ2) is 6.15. The topological polar surface area (TPSA) is 57.2 Å². The van der Waals surface area contributed by atoms with Gasteiger partial charge in [0.1, 0.15) is 5.69 Å². The van der Waals surface area contributed by atoms with Gasteiger partial charge >= 0.3 is 0 Å². The predicted molar refractivity (Wildman–Crippen MR) is 92.2 cm³/mol. The van der Waals surface area contributed by atoms with Crippen molar-refractivity contribution in [1.29, 1.82) is 0 Å². The number of carbonyl (C=O) groups is 1. The van der Waals surface area contributed by atoms with Crippen LogP contribution in [-0.4, -0.2) is 17.1 Å². The lowest BCUT2D eigenvalue weighted by molar-refractivity contribution is 0.0950. The van der Waals surface area contributed by atoms with Crippen LogP contribution in [-0.2, 0) is 0 Å². The van der Waals surface area contributed by atoms with Gasteiger partial charge in [-0.2, -0.15) is 5.10 Å². The summed E-state index contributed by atoms with van der Waals surface area (Å²) in [7, 11) is 0. The average Bonchev–Trinajstić information content (AvgIpc) is 2.87. The molecule has 0 saturated heterocycles. The molecule has 0 unspecified atom stereocenters. The molecule has 4 nitrogen and oxygen atoms in total. The van der Waals surface area contributed by atoms with E-state index in [0.717, 1.165) is 26.5 Å². The molecule has 0 aliphatic rings. The van der Waals surface area contributed by atoms with Gasteiger partial charge in [-0.05, 0) is 36.2 Å². The summed E-state index contributed by atoms with van der Waals surface area (Å²) >= 11 is 3.37. The number of nitrogens with zero attached hydrogens (tertiary/aromatic N) is 1. The Morgan fingerprint density at radius 3 is 2.64 bits per heavy atom. The number of fused-ring (bicyclic) bond motifs is 1. The number of hydrogen-bond donors (Lipinski definition) is 2. The Morgan fingerprint density at radius 2 is 1.91 bits per heavy atom. The highest BCUT2D eigenvalue weighted by molar-refractivity contribution is 9.10. The quantitative estimate of drug-likeness (QED) is 0.541. The highest BCUT2D eigenvalue weighted by atomic mass is 79.9. The number of H-pyrrole nitrogens is 1. The van der Waals surface area contributed by atoms with Gasteiger partial charge in [-0.15, -0.1) is 0 Å². The molecule has 1 amide bonds. The smallest absolute Gasteiger partial charge is 0.288 e. The molecule has 2 aromatic carbocycles. The van der Waals surface area contributed by atoms with Gasteiger partial charge in [0.15, 0.2) is 0 Å². The first-order valence-corrected chi connectivity index (χ1v) is 7.61. The number of rotatable bonds is 3. The molecule has 3 aromatic rings. The number of aromatic nitrogens is 1. The van der Waals surface area contributed by atoms with Crippen LogP contribution < -0.4 is 5.43 Å². The van der Waals surface area contributed by atoms with Gasteiger partial charge in [-0.25, -0.2) is 5.43 Å². The number of aromatic amines is 1. The van der Waals surface area contributed by atoms with Crippen molar-refractivity contribution in [2.75, 3.05) is 0 Å². The highest BCUT2D eigenvalue weighted by Gasteiger charge is 2.13. The molecule has 22 heavy (non-hydrogen) atoms. The minimum atomic E-state index is -0.248. The van der Waals surface area contributed by atoms with Crippen LogP contribution in [0.15, 0.2) is 58.1 Å². The summed E-state index contributed by atoms with van der Waals surface area (Å²) in [6, 6.07) is 15.5. The molecule has 2 N–H and O–H groups in total. The lowest BCUT2D eigenvalue weighted by Crippen LogP contribution is -2.18. The van der Waals surface area contributed by atoms with Crippen LogP contribution in [0.2, 0.25) is 0 Å². The van der Waals surface area contributed by atoms with Crippen molar-refractivity contribution >= 4 is 39.0 Å². The molecule has 0 atom stereocenters. The normalized spacial score (nSPS) is 11.2. The Bertz CT molecular complexity index is 850. The summed E-state index contributed by atoms with van der Waals surface area (Å²) in [5.74, 6) is -0.248. The van der Waals surface area contributed by atoms with Crippen LogP contribution >= 0.6 is 15.9 Å². The molecular weight excluding hydrogens is 342 g/mol. The fourth-order valence-electron chi connectivity index (χ4n) is 2.28. The van der Waals surface area contributed by atoms with Gasteiger partial charge in [0, 0.05) is 15.4 Å². The van der Waals surface area contributed by atoms with Gasteiger partial charge in [0.25, 0.3) is 5.91 Å². The number of para-hydroxylation sites is 1. The first kappa shape index (κ1) is 14.5. The Morgan fingerprint density at radius 1 is 1.18 bits per heavy atom. The van der Waals surface area contributed by atoms with Crippen LogP contribution in [0.1, 0.15) is 21.6 Å². The molecule has 0 radical (unpaired) electrons. The zero-order valence-electron chi connectivity index (χ0n) is 11.9. The van der Waals surface area contributed by atoms with E-state index in [-0.39, 0.29) is 5.91 Å². The van der Waals surface area contributed by atoms with Crippen LogP contribution in [0.3, 0.4) is 0 Å². The molecule has 0 saturated carbocycles. The molecule has 5 heteroatoms. The minimum Gasteiger partial charge on any atom is -0.350 e. The van der Waals surface area contributed by atoms with Crippen molar-refractivity contribution in [3.05, 3.63) is 69.8 Å². The fraction of sp³-hybridized carbons (Fsp3) is 0.0588. The van der Waals surface area contributed by atoms with E-state index in [1.807, 2.05) is 55.5 Å². The lowest BCUT2D eigenvalue weighted by atomic mass is 10.1. The lowest BCUT2D eigenvalue weighted by Gasteiger charge is -1.99. The van der Waals surface area contributed by atoms with Gasteiger partial charge in [-0.1, -0.05) is 46.3 Å². The summed E-state index contributed by atoms with van der Waals surface area (Å²) < 4.78 is 1.00. The number of benzene rings is 2. The largest absolute Gasteiger partial charge is 0.350 e. The number of halogens is 1. The molecule has 0 aliphatic heterocycles. The molecular formula is C17H14BrN3O. The van der Waals surface area contributed by atoms with Crippen molar-refractivity contribution < 1.29 is 4.79 Å². The molecule has 0 bridgehead atoms. The molecule has 110 valence electrons. The first-order chi connectivity index (χ1) is 10.6. The van der Waals surface area contributed by atoms with Crippen LogP contribution in [0, 0.1) is 6.92 Å². The maximum absolute atomic E-state index is 12.2. The van der Waals surface area contributed by atoms with Crippen LogP contribution in [0.25, 0.3) is 10.9 Å². The van der Waals surface area contributed by atoms with Crippen LogP contribution in [0.5, 0.6) is 0 Å². The maximum Gasteiger partial charge on any atom is 0.288 e. The fourth-order valence-corrected chi connectivity index (χ4v) is 2.54. The second-order valence-corrected chi connectivity index (χ2v) is 5.84. The predicted octanol–water partition coefficient (Wildman–Crippen LogP) is 4.00. The zero-order chi connectivity index (χ0) is 15.5. The third-order valence-electron chi connectivity index (χ3n) is 3.44. The highest BCUT2D eigenvalue weighted by Crippen LogP contribution is 2.21. The molecule has 3 rings (SSSR count). The third-order valence-corrected chi connectivity index (χ3v) is 3.97. The molecule has 1 aromatic heterocycles. The number of nitrogens with one attached hydrogen (secondary N) is 2. The Labute approximate surface area is 136 Å². The molecule has 0 aliphatic carbocycles. The number of aryl methyl sites for hydroxylation is 1.